The Labute approximate surface area is 117 Å². The molecule has 3 N–H and O–H groups in total. The van der Waals surface area contributed by atoms with Crippen LogP contribution in [0.25, 0.3) is 0 Å². The molecule has 1 aromatic rings. The first-order valence-corrected chi connectivity index (χ1v) is 6.59. The van der Waals surface area contributed by atoms with Crippen molar-refractivity contribution < 1.29 is 19.8 Å². The van der Waals surface area contributed by atoms with Gasteiger partial charge in [0, 0.05) is 18.7 Å². The van der Waals surface area contributed by atoms with Crippen LogP contribution < -0.4 is 5.32 Å². The Morgan fingerprint density at radius 2 is 2.10 bits per heavy atom. The van der Waals surface area contributed by atoms with Crippen LogP contribution >= 0.6 is 0 Å². The molecule has 2 atom stereocenters. The van der Waals surface area contributed by atoms with E-state index in [9.17, 15) is 14.7 Å². The van der Waals surface area contributed by atoms with E-state index in [1.807, 2.05) is 25.1 Å². The van der Waals surface area contributed by atoms with Crippen molar-refractivity contribution in [2.45, 2.75) is 31.9 Å². The number of nitrogens with one attached hydrogen (secondary N) is 1. The van der Waals surface area contributed by atoms with Gasteiger partial charge in [-0.25, -0.2) is 9.59 Å². The summed E-state index contributed by atoms with van der Waals surface area (Å²) < 4.78 is 0. The van der Waals surface area contributed by atoms with Crippen molar-refractivity contribution in [1.29, 1.82) is 0 Å². The first-order chi connectivity index (χ1) is 9.52. The molecule has 6 heteroatoms. The van der Waals surface area contributed by atoms with E-state index in [1.165, 1.54) is 4.90 Å². The molecule has 1 saturated heterocycles. The number of benzene rings is 1. The van der Waals surface area contributed by atoms with Crippen molar-refractivity contribution in [2.24, 2.45) is 0 Å². The van der Waals surface area contributed by atoms with E-state index >= 15 is 0 Å². The molecule has 2 rings (SSSR count). The number of carboxylic acid groups (broad SMARTS) is 1. The molecule has 0 saturated carbocycles. The molecular weight excluding hydrogens is 260 g/mol. The van der Waals surface area contributed by atoms with Gasteiger partial charge in [-0.05, 0) is 18.1 Å². The number of nitrogens with zero attached hydrogens (tertiary/aromatic N) is 1. The minimum Gasteiger partial charge on any atom is -0.480 e. The molecule has 20 heavy (non-hydrogen) atoms. The summed E-state index contributed by atoms with van der Waals surface area (Å²) in [7, 11) is 0. The zero-order chi connectivity index (χ0) is 14.7. The Kier molecular flexibility index (Phi) is 4.24. The van der Waals surface area contributed by atoms with E-state index in [1.54, 1.807) is 6.07 Å². The molecule has 2 amide bonds. The molecule has 1 heterocycles. The largest absolute Gasteiger partial charge is 0.480 e. The molecule has 108 valence electrons. The number of carbonyl (C=O) groups excluding carboxylic acids is 1. The minimum atomic E-state index is -1.10. The molecule has 0 spiro atoms. The van der Waals surface area contributed by atoms with Crippen molar-refractivity contribution in [1.82, 2.24) is 4.90 Å². The fourth-order valence-corrected chi connectivity index (χ4v) is 2.41. The molecule has 1 aromatic carbocycles. The van der Waals surface area contributed by atoms with Gasteiger partial charge in [-0.3, -0.25) is 0 Å². The number of amides is 2. The number of aliphatic carboxylic acids is 1. The van der Waals surface area contributed by atoms with Gasteiger partial charge in [0.1, 0.15) is 6.04 Å². The zero-order valence-electron chi connectivity index (χ0n) is 11.2. The van der Waals surface area contributed by atoms with Gasteiger partial charge < -0.3 is 20.4 Å². The third kappa shape index (κ3) is 2.91. The summed E-state index contributed by atoms with van der Waals surface area (Å²) in [6.07, 6.45) is 0.0443. The fraction of sp³-hybridized carbons (Fsp3) is 0.429. The molecule has 0 radical (unpaired) electrons. The predicted molar refractivity (Wildman–Crippen MR) is 73.6 cm³/mol. The number of hydrogen-bond acceptors (Lipinski definition) is 3. The number of para-hydroxylation sites is 1. The summed E-state index contributed by atoms with van der Waals surface area (Å²) in [5.74, 6) is -1.10. The number of anilines is 1. The Hall–Kier alpha value is -2.08. The van der Waals surface area contributed by atoms with Crippen LogP contribution in [-0.2, 0) is 11.2 Å². The number of urea groups is 1. The topological polar surface area (TPSA) is 89.9 Å². The minimum absolute atomic E-state index is 0.0388. The molecule has 0 aromatic heterocycles. The molecule has 1 aliphatic rings. The smallest absolute Gasteiger partial charge is 0.326 e. The van der Waals surface area contributed by atoms with Gasteiger partial charge in [0.25, 0.3) is 0 Å². The molecule has 0 bridgehead atoms. The third-order valence-electron chi connectivity index (χ3n) is 3.46. The van der Waals surface area contributed by atoms with E-state index in [0.29, 0.717) is 5.69 Å². The first-order valence-electron chi connectivity index (χ1n) is 6.59. The molecule has 1 fully saturated rings. The number of aliphatic hydroxyl groups is 1. The summed E-state index contributed by atoms with van der Waals surface area (Å²) in [4.78, 5) is 24.5. The average molecular weight is 278 g/mol. The number of β-amino-alcohol motifs (C(OH)–C–C–N with tert-alkyl or cyclic N) is 1. The van der Waals surface area contributed by atoms with E-state index in [4.69, 9.17) is 5.11 Å². The van der Waals surface area contributed by atoms with Gasteiger partial charge in [0.05, 0.1) is 6.10 Å². The van der Waals surface area contributed by atoms with Crippen LogP contribution in [0, 0.1) is 0 Å². The van der Waals surface area contributed by atoms with Gasteiger partial charge in [0.2, 0.25) is 0 Å². The second-order valence-corrected chi connectivity index (χ2v) is 4.84. The maximum Gasteiger partial charge on any atom is 0.326 e. The van der Waals surface area contributed by atoms with Crippen molar-refractivity contribution in [3.63, 3.8) is 0 Å². The molecular formula is C14H18N2O4. The monoisotopic (exact) mass is 278 g/mol. The first kappa shape index (κ1) is 14.3. The van der Waals surface area contributed by atoms with Crippen molar-refractivity contribution in [2.75, 3.05) is 11.9 Å². The molecule has 2 unspecified atom stereocenters. The summed E-state index contributed by atoms with van der Waals surface area (Å²) in [5, 5.41) is 21.4. The van der Waals surface area contributed by atoms with Gasteiger partial charge >= 0.3 is 12.0 Å². The second-order valence-electron chi connectivity index (χ2n) is 4.84. The normalized spacial score (nSPS) is 21.8. The Morgan fingerprint density at radius 1 is 1.40 bits per heavy atom. The van der Waals surface area contributed by atoms with Crippen LogP contribution in [0.1, 0.15) is 18.9 Å². The average Bonchev–Trinajstić information content (AvgIpc) is 2.82. The van der Waals surface area contributed by atoms with Crippen molar-refractivity contribution in [3.05, 3.63) is 29.8 Å². The predicted octanol–water partition coefficient (Wildman–Crippen LogP) is 1.30. The van der Waals surface area contributed by atoms with Gasteiger partial charge in [-0.2, -0.15) is 0 Å². The number of hydrogen-bond donors (Lipinski definition) is 3. The number of rotatable bonds is 3. The number of likely N-dealkylation sites (tertiary alicyclic amines) is 1. The fourth-order valence-electron chi connectivity index (χ4n) is 2.41. The summed E-state index contributed by atoms with van der Waals surface area (Å²) in [6, 6.07) is 5.91. The zero-order valence-corrected chi connectivity index (χ0v) is 11.2. The van der Waals surface area contributed by atoms with Crippen LogP contribution in [-0.4, -0.2) is 45.8 Å². The summed E-state index contributed by atoms with van der Waals surface area (Å²) in [5.41, 5.74) is 1.65. The number of aryl methyl sites for hydroxylation is 1. The lowest BCUT2D eigenvalue weighted by molar-refractivity contribution is -0.141. The van der Waals surface area contributed by atoms with Crippen LogP contribution in [0.15, 0.2) is 24.3 Å². The highest BCUT2D eigenvalue weighted by Gasteiger charge is 2.39. The summed E-state index contributed by atoms with van der Waals surface area (Å²) >= 11 is 0. The SMILES string of the molecule is CCc1ccccc1NC(=O)N1CC(O)CC1C(=O)O. The Morgan fingerprint density at radius 3 is 2.75 bits per heavy atom. The number of carbonyl (C=O) groups is 2. The quantitative estimate of drug-likeness (QED) is 0.777. The summed E-state index contributed by atoms with van der Waals surface area (Å²) in [6.45, 7) is 2.02. The number of aliphatic hydroxyl groups excluding tert-OH is 1. The van der Waals surface area contributed by atoms with E-state index in [2.05, 4.69) is 5.32 Å². The van der Waals surface area contributed by atoms with Crippen molar-refractivity contribution >= 4 is 17.7 Å². The van der Waals surface area contributed by atoms with Gasteiger partial charge in [0.15, 0.2) is 0 Å². The lowest BCUT2D eigenvalue weighted by Gasteiger charge is -2.22. The van der Waals surface area contributed by atoms with Crippen LogP contribution in [0.3, 0.4) is 0 Å². The van der Waals surface area contributed by atoms with Crippen LogP contribution in [0.4, 0.5) is 10.5 Å². The van der Waals surface area contributed by atoms with Gasteiger partial charge in [-0.1, -0.05) is 25.1 Å². The standard InChI is InChI=1S/C14H18N2O4/c1-2-9-5-3-4-6-11(9)15-14(20)16-8-10(17)7-12(16)13(18)19/h3-6,10,12,17H,2,7-8H2,1H3,(H,15,20)(H,18,19). The molecule has 1 aliphatic heterocycles. The molecule has 6 nitrogen and oxygen atoms in total. The third-order valence-corrected chi connectivity index (χ3v) is 3.46. The second kappa shape index (κ2) is 5.92. The van der Waals surface area contributed by atoms with E-state index in [0.717, 1.165) is 12.0 Å². The highest BCUT2D eigenvalue weighted by atomic mass is 16.4. The van der Waals surface area contributed by atoms with Crippen molar-refractivity contribution in [3.8, 4) is 0 Å². The maximum atomic E-state index is 12.2. The Balaban J connectivity index is 2.13. The number of carboxylic acids is 1. The highest BCUT2D eigenvalue weighted by Crippen LogP contribution is 2.21. The molecule has 0 aliphatic carbocycles. The highest BCUT2D eigenvalue weighted by molar-refractivity contribution is 5.93. The van der Waals surface area contributed by atoms with E-state index < -0.39 is 24.1 Å². The van der Waals surface area contributed by atoms with Crippen LogP contribution in [0.2, 0.25) is 0 Å². The Bertz CT molecular complexity index is 518. The lowest BCUT2D eigenvalue weighted by atomic mass is 10.1. The van der Waals surface area contributed by atoms with E-state index in [-0.39, 0.29) is 13.0 Å². The lowest BCUT2D eigenvalue weighted by Crippen LogP contribution is -2.43. The van der Waals surface area contributed by atoms with Gasteiger partial charge in [-0.15, -0.1) is 0 Å². The maximum absolute atomic E-state index is 12.2. The van der Waals surface area contributed by atoms with Crippen LogP contribution in [0.5, 0.6) is 0 Å².